The van der Waals surface area contributed by atoms with Crippen LogP contribution in [0.25, 0.3) is 0 Å². The smallest absolute Gasteiger partial charge is 0.193 e. The zero-order valence-electron chi connectivity index (χ0n) is 11.6. The molecule has 0 fully saturated rings. The summed E-state index contributed by atoms with van der Waals surface area (Å²) in [7, 11) is 0. The number of nitrogens with zero attached hydrogens (tertiary/aromatic N) is 4. The van der Waals surface area contributed by atoms with Gasteiger partial charge in [0.1, 0.15) is 5.03 Å². The van der Waals surface area contributed by atoms with Crippen LogP contribution in [0.1, 0.15) is 28.8 Å². The average Bonchev–Trinajstić information content (AvgIpc) is 2.95. The molecule has 3 N–H and O–H groups in total. The summed E-state index contributed by atoms with van der Waals surface area (Å²) in [6.45, 7) is 1.93. The van der Waals surface area contributed by atoms with Crippen LogP contribution in [0.2, 0.25) is 0 Å². The molecule has 7 heteroatoms. The molecule has 2 heterocycles. The van der Waals surface area contributed by atoms with Gasteiger partial charge in [0.15, 0.2) is 11.0 Å². The van der Waals surface area contributed by atoms with Gasteiger partial charge in [0.2, 0.25) is 0 Å². The molecule has 0 bridgehead atoms. The van der Waals surface area contributed by atoms with Gasteiger partial charge in [-0.05, 0) is 55.1 Å². The third-order valence-electron chi connectivity index (χ3n) is 3.34. The number of pyridine rings is 1. The first kappa shape index (κ1) is 13.8. The molecule has 1 aliphatic rings. The maximum atomic E-state index is 8.96. The Labute approximate surface area is 126 Å². The molecular weight excluding hydrogens is 286 g/mol. The minimum atomic E-state index is 0.0619. The molecule has 108 valence electrons. The second-order valence-electron chi connectivity index (χ2n) is 4.93. The third-order valence-corrected chi connectivity index (χ3v) is 4.24. The van der Waals surface area contributed by atoms with E-state index in [0.29, 0.717) is 15.7 Å². The largest absolute Gasteiger partial charge is 0.409 e. The van der Waals surface area contributed by atoms with E-state index in [9.17, 15) is 0 Å². The number of hydrogen-bond donors (Lipinski definition) is 2. The van der Waals surface area contributed by atoms with Crippen LogP contribution < -0.4 is 5.73 Å². The van der Waals surface area contributed by atoms with Gasteiger partial charge in [-0.2, -0.15) is 0 Å². The van der Waals surface area contributed by atoms with Crippen molar-refractivity contribution in [1.82, 2.24) is 15.0 Å². The van der Waals surface area contributed by atoms with Gasteiger partial charge in [-0.15, -0.1) is 0 Å². The summed E-state index contributed by atoms with van der Waals surface area (Å²) in [6.07, 6.45) is 6.55. The van der Waals surface area contributed by atoms with Gasteiger partial charge in [0.25, 0.3) is 0 Å². The number of rotatable bonds is 3. The Morgan fingerprint density at radius 1 is 1.33 bits per heavy atom. The van der Waals surface area contributed by atoms with Crippen LogP contribution in [-0.4, -0.2) is 26.0 Å². The third kappa shape index (κ3) is 2.82. The van der Waals surface area contributed by atoms with Crippen LogP contribution in [-0.2, 0) is 12.8 Å². The predicted octanol–water partition coefficient (Wildman–Crippen LogP) is 1.91. The predicted molar refractivity (Wildman–Crippen MR) is 79.7 cm³/mol. The Kier molecular flexibility index (Phi) is 3.74. The topological polar surface area (TPSA) is 97.3 Å². The molecular formula is C14H15N5OS. The molecule has 2 aromatic heterocycles. The first-order valence-corrected chi connectivity index (χ1v) is 7.46. The minimum absolute atomic E-state index is 0.0619. The van der Waals surface area contributed by atoms with Gasteiger partial charge in [0, 0.05) is 18.1 Å². The summed E-state index contributed by atoms with van der Waals surface area (Å²) in [5, 5.41) is 13.3. The van der Waals surface area contributed by atoms with Crippen molar-refractivity contribution < 1.29 is 5.21 Å². The van der Waals surface area contributed by atoms with Gasteiger partial charge < -0.3 is 10.9 Å². The fourth-order valence-corrected chi connectivity index (χ4v) is 3.10. The number of aryl methyl sites for hydroxylation is 3. The van der Waals surface area contributed by atoms with E-state index >= 15 is 0 Å². The second-order valence-corrected chi connectivity index (χ2v) is 5.89. The Balaban J connectivity index is 2.01. The van der Waals surface area contributed by atoms with E-state index in [4.69, 9.17) is 10.9 Å². The summed E-state index contributed by atoms with van der Waals surface area (Å²) in [4.78, 5) is 13.2. The normalized spacial score (nSPS) is 14.2. The van der Waals surface area contributed by atoms with E-state index in [1.165, 1.54) is 17.3 Å². The maximum Gasteiger partial charge on any atom is 0.193 e. The lowest BCUT2D eigenvalue weighted by Gasteiger charge is -2.09. The van der Waals surface area contributed by atoms with Gasteiger partial charge in [-0.25, -0.2) is 15.0 Å². The Morgan fingerprint density at radius 3 is 2.81 bits per heavy atom. The van der Waals surface area contributed by atoms with Crippen LogP contribution in [0, 0.1) is 6.92 Å². The highest BCUT2D eigenvalue weighted by Crippen LogP contribution is 2.30. The highest BCUT2D eigenvalue weighted by Gasteiger charge is 2.19. The van der Waals surface area contributed by atoms with Crippen molar-refractivity contribution in [3.05, 3.63) is 40.8 Å². The Bertz CT molecular complexity index is 699. The monoisotopic (exact) mass is 301 g/mol. The molecule has 0 amide bonds. The fraction of sp³-hybridized carbons (Fsp3) is 0.286. The zero-order chi connectivity index (χ0) is 14.8. The molecule has 0 saturated carbocycles. The molecule has 0 radical (unpaired) electrons. The van der Waals surface area contributed by atoms with Crippen molar-refractivity contribution in [2.45, 2.75) is 36.4 Å². The van der Waals surface area contributed by atoms with Crippen LogP contribution in [0.3, 0.4) is 0 Å². The zero-order valence-corrected chi connectivity index (χ0v) is 12.4. The maximum absolute atomic E-state index is 8.96. The van der Waals surface area contributed by atoms with E-state index < -0.39 is 0 Å². The number of hydrogen-bond acceptors (Lipinski definition) is 6. The van der Waals surface area contributed by atoms with E-state index in [0.717, 1.165) is 30.5 Å². The van der Waals surface area contributed by atoms with Crippen molar-refractivity contribution in [3.8, 4) is 0 Å². The molecule has 6 nitrogen and oxygen atoms in total. The van der Waals surface area contributed by atoms with Crippen LogP contribution in [0.15, 0.2) is 33.8 Å². The van der Waals surface area contributed by atoms with Gasteiger partial charge >= 0.3 is 0 Å². The molecule has 1 aliphatic carbocycles. The van der Waals surface area contributed by atoms with Crippen molar-refractivity contribution in [1.29, 1.82) is 0 Å². The molecule has 3 rings (SSSR count). The molecule has 0 spiro atoms. The van der Waals surface area contributed by atoms with Crippen molar-refractivity contribution in [2.24, 2.45) is 10.9 Å². The summed E-state index contributed by atoms with van der Waals surface area (Å²) < 4.78 is 0. The summed E-state index contributed by atoms with van der Waals surface area (Å²) in [5.41, 5.74) is 9.66. The Hall–Kier alpha value is -2.15. The Morgan fingerprint density at radius 2 is 2.10 bits per heavy atom. The van der Waals surface area contributed by atoms with Gasteiger partial charge in [-0.3, -0.25) is 0 Å². The minimum Gasteiger partial charge on any atom is -0.409 e. The fourth-order valence-electron chi connectivity index (χ4n) is 2.29. The highest BCUT2D eigenvalue weighted by atomic mass is 32.2. The van der Waals surface area contributed by atoms with Gasteiger partial charge in [0.05, 0.1) is 5.56 Å². The number of aromatic nitrogens is 3. The summed E-state index contributed by atoms with van der Waals surface area (Å²) in [6, 6.07) is 1.96. The molecule has 0 unspecified atom stereocenters. The molecule has 0 aromatic carbocycles. The number of fused-ring (bicyclic) bond motifs is 1. The standard InChI is InChI=1S/C14H15N5OS/c1-8-6-16-14(17-7-8)21-13-10(12(15)19-20)5-9-3-2-4-11(9)18-13/h5-7,20H,2-4H2,1H3,(H2,15,19). The lowest BCUT2D eigenvalue weighted by atomic mass is 10.1. The van der Waals surface area contributed by atoms with Gasteiger partial charge in [-0.1, -0.05) is 5.16 Å². The number of oxime groups is 1. The quantitative estimate of drug-likeness (QED) is 0.295. The summed E-state index contributed by atoms with van der Waals surface area (Å²) in [5.74, 6) is 0.0619. The lowest BCUT2D eigenvalue weighted by molar-refractivity contribution is 0.318. The van der Waals surface area contributed by atoms with Crippen molar-refractivity contribution in [2.75, 3.05) is 0 Å². The molecule has 0 aliphatic heterocycles. The van der Waals surface area contributed by atoms with Crippen molar-refractivity contribution >= 4 is 17.6 Å². The molecule has 2 aromatic rings. The molecule has 21 heavy (non-hydrogen) atoms. The first-order chi connectivity index (χ1) is 10.2. The lowest BCUT2D eigenvalue weighted by Crippen LogP contribution is -2.16. The first-order valence-electron chi connectivity index (χ1n) is 6.64. The number of nitrogens with two attached hydrogens (primary N) is 1. The van der Waals surface area contributed by atoms with E-state index in [1.54, 1.807) is 12.4 Å². The van der Waals surface area contributed by atoms with Crippen molar-refractivity contribution in [3.63, 3.8) is 0 Å². The van der Waals surface area contributed by atoms with E-state index in [1.807, 2.05) is 13.0 Å². The van der Waals surface area contributed by atoms with E-state index in [2.05, 4.69) is 20.1 Å². The SMILES string of the molecule is Cc1cnc(Sc2nc3c(cc2C(N)=NO)CCC3)nc1. The second kappa shape index (κ2) is 5.69. The summed E-state index contributed by atoms with van der Waals surface area (Å²) >= 11 is 1.33. The van der Waals surface area contributed by atoms with Crippen LogP contribution in [0.4, 0.5) is 0 Å². The molecule has 0 saturated heterocycles. The highest BCUT2D eigenvalue weighted by molar-refractivity contribution is 7.99. The van der Waals surface area contributed by atoms with Crippen LogP contribution in [0.5, 0.6) is 0 Å². The molecule has 0 atom stereocenters. The number of amidine groups is 1. The van der Waals surface area contributed by atoms with E-state index in [-0.39, 0.29) is 5.84 Å². The van der Waals surface area contributed by atoms with Crippen LogP contribution >= 0.6 is 11.8 Å². The average molecular weight is 301 g/mol.